The Labute approximate surface area is 115 Å². The van der Waals surface area contributed by atoms with Crippen molar-refractivity contribution in [3.8, 4) is 0 Å². The Morgan fingerprint density at radius 2 is 2.16 bits per heavy atom. The second kappa shape index (κ2) is 6.09. The van der Waals surface area contributed by atoms with Crippen LogP contribution in [0.4, 0.5) is 5.69 Å². The lowest BCUT2D eigenvalue weighted by molar-refractivity contribution is 0.0947. The molecular weight excluding hydrogens is 236 g/mol. The van der Waals surface area contributed by atoms with Gasteiger partial charge in [-0.3, -0.25) is 4.79 Å². The molecule has 3 heteroatoms. The zero-order chi connectivity index (χ0) is 13.8. The normalized spacial score (nSPS) is 15.9. The molecule has 104 valence electrons. The van der Waals surface area contributed by atoms with E-state index in [2.05, 4.69) is 17.6 Å². The van der Waals surface area contributed by atoms with Crippen LogP contribution in [-0.4, -0.2) is 19.0 Å². The number of hydrogen-bond acceptors (Lipinski definition) is 2. The molecule has 0 heterocycles. The molecule has 0 saturated heterocycles. The molecule has 0 aromatic heterocycles. The summed E-state index contributed by atoms with van der Waals surface area (Å²) in [6, 6.07) is 5.92. The Hall–Kier alpha value is -1.51. The molecule has 0 aliphatic heterocycles. The Balaban J connectivity index is 2.00. The molecule has 1 saturated carbocycles. The molecule has 0 spiro atoms. The largest absolute Gasteiger partial charge is 0.385 e. The molecule has 1 atom stereocenters. The minimum Gasteiger partial charge on any atom is -0.385 e. The van der Waals surface area contributed by atoms with Crippen LogP contribution >= 0.6 is 0 Å². The van der Waals surface area contributed by atoms with Crippen molar-refractivity contribution in [2.75, 3.05) is 18.4 Å². The van der Waals surface area contributed by atoms with E-state index < -0.39 is 0 Å². The highest BCUT2D eigenvalue weighted by molar-refractivity contribution is 5.99. The molecule has 0 radical (unpaired) electrons. The van der Waals surface area contributed by atoms with Crippen molar-refractivity contribution in [1.29, 1.82) is 0 Å². The van der Waals surface area contributed by atoms with Crippen LogP contribution < -0.4 is 10.6 Å². The van der Waals surface area contributed by atoms with Gasteiger partial charge in [0.1, 0.15) is 0 Å². The average molecular weight is 260 g/mol. The van der Waals surface area contributed by atoms with Gasteiger partial charge >= 0.3 is 0 Å². The summed E-state index contributed by atoms with van der Waals surface area (Å²) in [7, 11) is 0. The molecule has 19 heavy (non-hydrogen) atoms. The molecule has 3 nitrogen and oxygen atoms in total. The SMILES string of the molecule is CCNc1cc(C)ccc1C(=O)NCC(C)C1CC1. The Kier molecular flexibility index (Phi) is 4.46. The third-order valence-electron chi connectivity index (χ3n) is 3.80. The highest BCUT2D eigenvalue weighted by Crippen LogP contribution is 2.36. The van der Waals surface area contributed by atoms with Gasteiger partial charge in [-0.25, -0.2) is 0 Å². The van der Waals surface area contributed by atoms with Crippen molar-refractivity contribution in [1.82, 2.24) is 5.32 Å². The third-order valence-corrected chi connectivity index (χ3v) is 3.80. The zero-order valence-corrected chi connectivity index (χ0v) is 12.1. The molecule has 1 aromatic rings. The predicted molar refractivity (Wildman–Crippen MR) is 79.6 cm³/mol. The first-order valence-electron chi connectivity index (χ1n) is 7.24. The van der Waals surface area contributed by atoms with Crippen LogP contribution in [0, 0.1) is 18.8 Å². The Morgan fingerprint density at radius 3 is 2.79 bits per heavy atom. The highest BCUT2D eigenvalue weighted by atomic mass is 16.1. The van der Waals surface area contributed by atoms with Gasteiger partial charge in [0.05, 0.1) is 5.56 Å². The van der Waals surface area contributed by atoms with Crippen LogP contribution in [0.1, 0.15) is 42.6 Å². The fourth-order valence-corrected chi connectivity index (χ4v) is 2.37. The van der Waals surface area contributed by atoms with Gasteiger partial charge in [0.15, 0.2) is 0 Å². The number of anilines is 1. The average Bonchev–Trinajstić information content (AvgIpc) is 3.20. The van der Waals surface area contributed by atoms with Crippen molar-refractivity contribution >= 4 is 11.6 Å². The van der Waals surface area contributed by atoms with Gasteiger partial charge in [-0.1, -0.05) is 13.0 Å². The van der Waals surface area contributed by atoms with Crippen LogP contribution in [0.2, 0.25) is 0 Å². The molecular formula is C16H24N2O. The summed E-state index contributed by atoms with van der Waals surface area (Å²) in [5.41, 5.74) is 2.84. The van der Waals surface area contributed by atoms with E-state index in [9.17, 15) is 4.79 Å². The van der Waals surface area contributed by atoms with Gasteiger partial charge in [0.25, 0.3) is 5.91 Å². The van der Waals surface area contributed by atoms with Crippen LogP contribution in [0.5, 0.6) is 0 Å². The minimum atomic E-state index is 0.0310. The second-order valence-corrected chi connectivity index (χ2v) is 5.60. The maximum Gasteiger partial charge on any atom is 0.253 e. The van der Waals surface area contributed by atoms with Crippen molar-refractivity contribution < 1.29 is 4.79 Å². The number of rotatable bonds is 6. The number of carbonyl (C=O) groups excluding carboxylic acids is 1. The van der Waals surface area contributed by atoms with Crippen molar-refractivity contribution in [2.45, 2.75) is 33.6 Å². The van der Waals surface area contributed by atoms with Crippen molar-refractivity contribution in [3.63, 3.8) is 0 Å². The first kappa shape index (κ1) is 13.9. The van der Waals surface area contributed by atoms with E-state index in [4.69, 9.17) is 0 Å². The monoisotopic (exact) mass is 260 g/mol. The standard InChI is InChI=1S/C16H24N2O/c1-4-17-15-9-11(2)5-8-14(15)16(19)18-10-12(3)13-6-7-13/h5,8-9,12-13,17H,4,6-7,10H2,1-3H3,(H,18,19). The lowest BCUT2D eigenvalue weighted by Crippen LogP contribution is -2.29. The maximum absolute atomic E-state index is 12.2. The van der Waals surface area contributed by atoms with E-state index in [1.807, 2.05) is 32.0 Å². The van der Waals surface area contributed by atoms with Gasteiger partial charge in [0.2, 0.25) is 0 Å². The Morgan fingerprint density at radius 1 is 1.42 bits per heavy atom. The quantitative estimate of drug-likeness (QED) is 0.824. The fourth-order valence-electron chi connectivity index (χ4n) is 2.37. The molecule has 1 fully saturated rings. The molecule has 1 unspecified atom stereocenters. The first-order valence-corrected chi connectivity index (χ1v) is 7.24. The number of hydrogen-bond donors (Lipinski definition) is 2. The summed E-state index contributed by atoms with van der Waals surface area (Å²) in [6.45, 7) is 7.90. The molecule has 1 aliphatic rings. The number of nitrogens with one attached hydrogen (secondary N) is 2. The van der Waals surface area contributed by atoms with Crippen molar-refractivity contribution in [2.24, 2.45) is 11.8 Å². The van der Waals surface area contributed by atoms with Gasteiger partial charge in [-0.2, -0.15) is 0 Å². The van der Waals surface area contributed by atoms with Crippen LogP contribution in [0.3, 0.4) is 0 Å². The Bertz CT molecular complexity index is 452. The minimum absolute atomic E-state index is 0.0310. The lowest BCUT2D eigenvalue weighted by Gasteiger charge is -2.14. The third kappa shape index (κ3) is 3.72. The summed E-state index contributed by atoms with van der Waals surface area (Å²) in [5, 5.41) is 6.32. The molecule has 2 rings (SSSR count). The molecule has 1 aromatic carbocycles. The maximum atomic E-state index is 12.2. The summed E-state index contributed by atoms with van der Waals surface area (Å²) >= 11 is 0. The van der Waals surface area contributed by atoms with Gasteiger partial charge in [-0.15, -0.1) is 0 Å². The van der Waals surface area contributed by atoms with Crippen LogP contribution in [0.15, 0.2) is 18.2 Å². The van der Waals surface area contributed by atoms with E-state index in [1.54, 1.807) is 0 Å². The zero-order valence-electron chi connectivity index (χ0n) is 12.1. The summed E-state index contributed by atoms with van der Waals surface area (Å²) in [6.07, 6.45) is 2.65. The van der Waals surface area contributed by atoms with E-state index >= 15 is 0 Å². The molecule has 2 N–H and O–H groups in total. The lowest BCUT2D eigenvalue weighted by atomic mass is 10.1. The number of benzene rings is 1. The summed E-state index contributed by atoms with van der Waals surface area (Å²) < 4.78 is 0. The van der Waals surface area contributed by atoms with E-state index in [0.717, 1.165) is 30.3 Å². The smallest absolute Gasteiger partial charge is 0.253 e. The second-order valence-electron chi connectivity index (χ2n) is 5.60. The number of amides is 1. The first-order chi connectivity index (χ1) is 9.11. The van der Waals surface area contributed by atoms with Gasteiger partial charge in [0, 0.05) is 18.8 Å². The summed E-state index contributed by atoms with van der Waals surface area (Å²) in [5.74, 6) is 1.45. The highest BCUT2D eigenvalue weighted by Gasteiger charge is 2.28. The van der Waals surface area contributed by atoms with Crippen LogP contribution in [-0.2, 0) is 0 Å². The van der Waals surface area contributed by atoms with Crippen LogP contribution in [0.25, 0.3) is 0 Å². The van der Waals surface area contributed by atoms with E-state index in [0.29, 0.717) is 5.92 Å². The van der Waals surface area contributed by atoms with Crippen molar-refractivity contribution in [3.05, 3.63) is 29.3 Å². The van der Waals surface area contributed by atoms with Gasteiger partial charge < -0.3 is 10.6 Å². The topological polar surface area (TPSA) is 41.1 Å². The van der Waals surface area contributed by atoms with E-state index in [1.165, 1.54) is 18.4 Å². The van der Waals surface area contributed by atoms with Gasteiger partial charge in [-0.05, 0) is 56.2 Å². The summed E-state index contributed by atoms with van der Waals surface area (Å²) in [4.78, 5) is 12.2. The number of aryl methyl sites for hydroxylation is 1. The fraction of sp³-hybridized carbons (Fsp3) is 0.562. The molecule has 1 amide bonds. The number of carbonyl (C=O) groups is 1. The van der Waals surface area contributed by atoms with E-state index in [-0.39, 0.29) is 5.91 Å². The molecule has 1 aliphatic carbocycles. The predicted octanol–water partition coefficient (Wildman–Crippen LogP) is 3.20. The molecule has 0 bridgehead atoms.